The van der Waals surface area contributed by atoms with Crippen molar-refractivity contribution in [3.05, 3.63) is 65.2 Å². The first kappa shape index (κ1) is 16.6. The molecule has 0 aromatic heterocycles. The Kier molecular flexibility index (Phi) is 3.94. The van der Waals surface area contributed by atoms with Crippen LogP contribution in [0.25, 0.3) is 0 Å². The molecule has 0 atom stereocenters. The highest BCUT2D eigenvalue weighted by Crippen LogP contribution is 2.45. The van der Waals surface area contributed by atoms with Gasteiger partial charge in [-0.2, -0.15) is 0 Å². The first-order valence-electron chi connectivity index (χ1n) is 8.92. The third-order valence-corrected chi connectivity index (χ3v) is 5.47. The molecule has 26 heavy (non-hydrogen) atoms. The standard InChI is InChI=1S/C21H22N2O3/c1-15-7-9-16(10-8-15)19(24)23-13-11-21(12-14-23)17-5-3-4-6-18(17)22(2)20(25)26-21/h3-10H,11-14H2,1-2H3. The first-order valence-corrected chi connectivity index (χ1v) is 8.92. The predicted molar refractivity (Wildman–Crippen MR) is 99.3 cm³/mol. The maximum Gasteiger partial charge on any atom is 0.414 e. The van der Waals surface area contributed by atoms with Gasteiger partial charge >= 0.3 is 6.09 Å². The van der Waals surface area contributed by atoms with E-state index < -0.39 is 5.60 Å². The number of nitrogens with zero attached hydrogens (tertiary/aromatic N) is 2. The fraction of sp³-hybridized carbons (Fsp3) is 0.333. The highest BCUT2D eigenvalue weighted by molar-refractivity contribution is 5.94. The first-order chi connectivity index (χ1) is 12.5. The molecule has 5 heteroatoms. The number of anilines is 1. The summed E-state index contributed by atoms with van der Waals surface area (Å²) < 4.78 is 5.85. The monoisotopic (exact) mass is 350 g/mol. The number of hydrogen-bond acceptors (Lipinski definition) is 3. The van der Waals surface area contributed by atoms with Crippen molar-refractivity contribution in [2.24, 2.45) is 0 Å². The van der Waals surface area contributed by atoms with Gasteiger partial charge in [0.25, 0.3) is 5.91 Å². The van der Waals surface area contributed by atoms with Crippen LogP contribution < -0.4 is 4.90 Å². The molecule has 1 spiro atoms. The normalized spacial score (nSPS) is 18.5. The fourth-order valence-corrected chi connectivity index (χ4v) is 3.86. The molecular formula is C21H22N2O3. The van der Waals surface area contributed by atoms with Gasteiger partial charge in [-0.15, -0.1) is 0 Å². The van der Waals surface area contributed by atoms with Crippen LogP contribution in [0.3, 0.4) is 0 Å². The van der Waals surface area contributed by atoms with Crippen molar-refractivity contribution >= 4 is 17.7 Å². The van der Waals surface area contributed by atoms with Crippen molar-refractivity contribution in [3.63, 3.8) is 0 Å². The van der Waals surface area contributed by atoms with Gasteiger partial charge in [0, 0.05) is 44.1 Å². The summed E-state index contributed by atoms with van der Waals surface area (Å²) in [5.41, 5.74) is 3.12. The van der Waals surface area contributed by atoms with E-state index >= 15 is 0 Å². The molecule has 2 heterocycles. The van der Waals surface area contributed by atoms with Crippen LogP contribution in [-0.4, -0.2) is 37.0 Å². The number of piperidine rings is 1. The summed E-state index contributed by atoms with van der Waals surface area (Å²) in [5.74, 6) is 0.0346. The lowest BCUT2D eigenvalue weighted by molar-refractivity contribution is -0.0367. The molecular weight excluding hydrogens is 328 g/mol. The Morgan fingerprint density at radius 1 is 1.04 bits per heavy atom. The minimum absolute atomic E-state index is 0.0346. The molecule has 0 saturated carbocycles. The average Bonchev–Trinajstić information content (AvgIpc) is 2.67. The minimum atomic E-state index is -0.635. The summed E-state index contributed by atoms with van der Waals surface area (Å²) >= 11 is 0. The maximum absolute atomic E-state index is 12.8. The second-order valence-corrected chi connectivity index (χ2v) is 7.10. The molecule has 2 aliphatic rings. The number of fused-ring (bicyclic) bond motifs is 2. The van der Waals surface area contributed by atoms with E-state index in [9.17, 15) is 9.59 Å². The molecule has 2 amide bonds. The van der Waals surface area contributed by atoms with Crippen LogP contribution in [0, 0.1) is 6.92 Å². The summed E-state index contributed by atoms with van der Waals surface area (Å²) in [4.78, 5) is 28.5. The summed E-state index contributed by atoms with van der Waals surface area (Å²) in [6, 6.07) is 15.5. The summed E-state index contributed by atoms with van der Waals surface area (Å²) in [6.45, 7) is 3.14. The van der Waals surface area contributed by atoms with E-state index in [1.807, 2.05) is 60.4 Å². The number of carbonyl (C=O) groups is 2. The van der Waals surface area contributed by atoms with E-state index in [2.05, 4.69) is 0 Å². The number of benzene rings is 2. The maximum atomic E-state index is 12.8. The summed E-state index contributed by atoms with van der Waals surface area (Å²) in [5, 5.41) is 0. The SMILES string of the molecule is Cc1ccc(C(=O)N2CCC3(CC2)OC(=O)N(C)c2ccccc23)cc1. The zero-order chi connectivity index (χ0) is 18.3. The summed E-state index contributed by atoms with van der Waals surface area (Å²) in [7, 11) is 1.73. The van der Waals surface area contributed by atoms with E-state index in [1.54, 1.807) is 11.9 Å². The number of carbonyl (C=O) groups excluding carboxylic acids is 2. The number of likely N-dealkylation sites (tertiary alicyclic amines) is 1. The molecule has 0 bridgehead atoms. The molecule has 0 N–H and O–H groups in total. The number of amides is 2. The van der Waals surface area contributed by atoms with Crippen molar-refractivity contribution in [1.29, 1.82) is 0 Å². The molecule has 0 unspecified atom stereocenters. The summed E-state index contributed by atoms with van der Waals surface area (Å²) in [6.07, 6.45) is 0.893. The molecule has 2 aromatic carbocycles. The number of para-hydroxylation sites is 1. The van der Waals surface area contributed by atoms with Crippen LogP contribution >= 0.6 is 0 Å². The molecule has 0 aliphatic carbocycles. The van der Waals surface area contributed by atoms with Crippen molar-refractivity contribution in [2.75, 3.05) is 25.0 Å². The lowest BCUT2D eigenvalue weighted by atomic mass is 9.82. The van der Waals surface area contributed by atoms with Crippen LogP contribution in [0.1, 0.15) is 34.3 Å². The Labute approximate surface area is 153 Å². The van der Waals surface area contributed by atoms with Crippen LogP contribution in [-0.2, 0) is 10.3 Å². The van der Waals surface area contributed by atoms with E-state index in [-0.39, 0.29) is 12.0 Å². The third-order valence-electron chi connectivity index (χ3n) is 5.47. The van der Waals surface area contributed by atoms with Crippen LogP contribution in [0.4, 0.5) is 10.5 Å². The van der Waals surface area contributed by atoms with Gasteiger partial charge in [0.15, 0.2) is 0 Å². The minimum Gasteiger partial charge on any atom is -0.437 e. The van der Waals surface area contributed by atoms with Crippen molar-refractivity contribution in [2.45, 2.75) is 25.4 Å². The lowest BCUT2D eigenvalue weighted by Gasteiger charge is -2.46. The third kappa shape index (κ3) is 2.64. The van der Waals surface area contributed by atoms with Gasteiger partial charge in [0.1, 0.15) is 5.60 Å². The Hall–Kier alpha value is -2.82. The molecule has 2 aromatic rings. The number of rotatable bonds is 1. The van der Waals surface area contributed by atoms with Gasteiger partial charge in [-0.25, -0.2) is 4.79 Å². The molecule has 4 rings (SSSR count). The zero-order valence-corrected chi connectivity index (χ0v) is 15.1. The topological polar surface area (TPSA) is 49.9 Å². The average molecular weight is 350 g/mol. The highest BCUT2D eigenvalue weighted by Gasteiger charge is 2.46. The van der Waals surface area contributed by atoms with Crippen LogP contribution in [0.2, 0.25) is 0 Å². The molecule has 5 nitrogen and oxygen atoms in total. The molecule has 2 aliphatic heterocycles. The van der Waals surface area contributed by atoms with Crippen LogP contribution in [0.15, 0.2) is 48.5 Å². The van der Waals surface area contributed by atoms with Gasteiger partial charge in [0.05, 0.1) is 5.69 Å². The van der Waals surface area contributed by atoms with E-state index in [0.717, 1.165) is 16.8 Å². The van der Waals surface area contributed by atoms with Gasteiger partial charge < -0.3 is 9.64 Å². The highest BCUT2D eigenvalue weighted by atomic mass is 16.6. The Bertz CT molecular complexity index is 852. The smallest absolute Gasteiger partial charge is 0.414 e. The Balaban J connectivity index is 1.56. The van der Waals surface area contributed by atoms with E-state index in [1.165, 1.54) is 0 Å². The Morgan fingerprint density at radius 2 is 1.69 bits per heavy atom. The number of ether oxygens (including phenoxy) is 1. The van der Waals surface area contributed by atoms with Gasteiger partial charge in [-0.05, 0) is 25.1 Å². The molecule has 134 valence electrons. The molecule has 0 radical (unpaired) electrons. The predicted octanol–water partition coefficient (Wildman–Crippen LogP) is 3.71. The molecule has 1 fully saturated rings. The van der Waals surface area contributed by atoms with Gasteiger partial charge in [-0.3, -0.25) is 9.69 Å². The number of hydrogen-bond donors (Lipinski definition) is 0. The van der Waals surface area contributed by atoms with Crippen molar-refractivity contribution in [1.82, 2.24) is 4.90 Å². The lowest BCUT2D eigenvalue weighted by Crippen LogP contribution is -2.51. The quantitative estimate of drug-likeness (QED) is 0.788. The number of aryl methyl sites for hydroxylation is 1. The molecule has 1 saturated heterocycles. The van der Waals surface area contributed by atoms with Crippen LogP contribution in [0.5, 0.6) is 0 Å². The van der Waals surface area contributed by atoms with Crippen molar-refractivity contribution in [3.8, 4) is 0 Å². The Morgan fingerprint density at radius 3 is 2.38 bits per heavy atom. The van der Waals surface area contributed by atoms with E-state index in [0.29, 0.717) is 31.5 Å². The van der Waals surface area contributed by atoms with Gasteiger partial charge in [0.2, 0.25) is 0 Å². The van der Waals surface area contributed by atoms with Gasteiger partial charge in [-0.1, -0.05) is 35.9 Å². The second kappa shape index (κ2) is 6.16. The van der Waals surface area contributed by atoms with E-state index in [4.69, 9.17) is 4.74 Å². The zero-order valence-electron chi connectivity index (χ0n) is 15.1. The largest absolute Gasteiger partial charge is 0.437 e. The van der Waals surface area contributed by atoms with Crippen molar-refractivity contribution < 1.29 is 14.3 Å². The fourth-order valence-electron chi connectivity index (χ4n) is 3.86. The second-order valence-electron chi connectivity index (χ2n) is 7.10.